The predicted octanol–water partition coefficient (Wildman–Crippen LogP) is 3.95. The van der Waals surface area contributed by atoms with Gasteiger partial charge in [-0.2, -0.15) is 13.2 Å². The van der Waals surface area contributed by atoms with Crippen LogP contribution in [0.4, 0.5) is 13.2 Å². The van der Waals surface area contributed by atoms with E-state index in [1.807, 2.05) is 0 Å². The summed E-state index contributed by atoms with van der Waals surface area (Å²) in [6.45, 7) is -0.594. The van der Waals surface area contributed by atoms with Gasteiger partial charge in [0.05, 0.1) is 23.6 Å². The highest BCUT2D eigenvalue weighted by molar-refractivity contribution is 5.60. The second-order valence-corrected chi connectivity index (χ2v) is 6.29. The molecule has 29 heavy (non-hydrogen) atoms. The van der Waals surface area contributed by atoms with Crippen LogP contribution >= 0.6 is 0 Å². The highest BCUT2D eigenvalue weighted by atomic mass is 19.4. The van der Waals surface area contributed by atoms with Crippen molar-refractivity contribution in [3.05, 3.63) is 78.0 Å². The molecule has 2 unspecified atom stereocenters. The van der Waals surface area contributed by atoms with Crippen molar-refractivity contribution < 1.29 is 33.2 Å². The first-order valence-electron chi connectivity index (χ1n) is 8.67. The average molecular weight is 405 g/mol. The van der Waals surface area contributed by atoms with Crippen molar-refractivity contribution in [1.82, 2.24) is 4.98 Å². The number of nitrogens with zero attached hydrogens (tertiary/aromatic N) is 1. The van der Waals surface area contributed by atoms with E-state index in [4.69, 9.17) is 9.84 Å². The second kappa shape index (κ2) is 8.60. The van der Waals surface area contributed by atoms with Gasteiger partial charge in [-0.1, -0.05) is 6.07 Å². The number of alkyl halides is 3. The van der Waals surface area contributed by atoms with Gasteiger partial charge in [-0.3, -0.25) is 0 Å². The van der Waals surface area contributed by atoms with Crippen molar-refractivity contribution in [3.63, 3.8) is 0 Å². The number of rotatable bonds is 6. The summed E-state index contributed by atoms with van der Waals surface area (Å²) in [6.07, 6.45) is -7.05. The highest BCUT2D eigenvalue weighted by Crippen LogP contribution is 2.32. The van der Waals surface area contributed by atoms with Crippen molar-refractivity contribution in [2.75, 3.05) is 6.61 Å². The molecule has 0 bridgehead atoms. The number of hydrogen-bond donors (Lipinski definition) is 3. The van der Waals surface area contributed by atoms with E-state index in [0.717, 1.165) is 12.1 Å². The van der Waals surface area contributed by atoms with Gasteiger partial charge in [0.2, 0.25) is 0 Å². The van der Waals surface area contributed by atoms with Crippen molar-refractivity contribution in [2.45, 2.75) is 18.4 Å². The highest BCUT2D eigenvalue weighted by Gasteiger charge is 2.30. The van der Waals surface area contributed by atoms with E-state index >= 15 is 0 Å². The summed E-state index contributed by atoms with van der Waals surface area (Å²) in [5.41, 5.74) is 0.707. The van der Waals surface area contributed by atoms with Crippen LogP contribution in [-0.2, 0) is 6.18 Å². The molecule has 8 heteroatoms. The third-order valence-corrected chi connectivity index (χ3v) is 4.19. The van der Waals surface area contributed by atoms with Gasteiger partial charge in [0.25, 0.3) is 0 Å². The van der Waals surface area contributed by atoms with E-state index in [-0.39, 0.29) is 11.4 Å². The molecular formula is C21H18F3NO4. The van der Waals surface area contributed by atoms with Crippen LogP contribution < -0.4 is 4.74 Å². The molecule has 0 saturated heterocycles. The summed E-state index contributed by atoms with van der Waals surface area (Å²) >= 11 is 0. The zero-order chi connectivity index (χ0) is 21.0. The van der Waals surface area contributed by atoms with Crippen LogP contribution in [0.2, 0.25) is 0 Å². The number of halogens is 3. The molecule has 152 valence electrons. The largest absolute Gasteiger partial charge is 0.457 e. The molecule has 1 heterocycles. The van der Waals surface area contributed by atoms with Gasteiger partial charge >= 0.3 is 6.18 Å². The minimum atomic E-state index is -4.40. The Labute approximate surface area is 164 Å². The standard InChI is InChI=1S/C21H18F3NO4/c22-21(23,24)14-6-10-16(11-7-14)29-15-8-4-13(5-9-15)17-2-1-3-18(25-17)20(28)19(27)12-26/h1-11,19-20,26-28H,12H2. The van der Waals surface area contributed by atoms with Crippen LogP contribution in [-0.4, -0.2) is 33.0 Å². The Bertz CT molecular complexity index is 943. The molecule has 3 aromatic rings. The van der Waals surface area contributed by atoms with E-state index in [9.17, 15) is 23.4 Å². The smallest absolute Gasteiger partial charge is 0.416 e. The predicted molar refractivity (Wildman–Crippen MR) is 99.2 cm³/mol. The van der Waals surface area contributed by atoms with Gasteiger partial charge in [-0.05, 0) is 60.7 Å². The number of aromatic nitrogens is 1. The summed E-state index contributed by atoms with van der Waals surface area (Å²) in [6, 6.07) is 16.0. The lowest BCUT2D eigenvalue weighted by Crippen LogP contribution is -2.22. The molecule has 0 amide bonds. The monoisotopic (exact) mass is 405 g/mol. The number of ether oxygens (including phenoxy) is 1. The number of aliphatic hydroxyl groups excluding tert-OH is 3. The van der Waals surface area contributed by atoms with Crippen LogP contribution in [0, 0.1) is 0 Å². The molecular weight excluding hydrogens is 387 g/mol. The first-order chi connectivity index (χ1) is 13.8. The zero-order valence-electron chi connectivity index (χ0n) is 15.0. The molecule has 5 nitrogen and oxygen atoms in total. The van der Waals surface area contributed by atoms with Crippen LogP contribution in [0.25, 0.3) is 11.3 Å². The quantitative estimate of drug-likeness (QED) is 0.579. The van der Waals surface area contributed by atoms with Crippen LogP contribution in [0.3, 0.4) is 0 Å². The Morgan fingerprint density at radius 2 is 1.45 bits per heavy atom. The number of benzene rings is 2. The molecule has 0 radical (unpaired) electrons. The van der Waals surface area contributed by atoms with Crippen molar-refractivity contribution in [1.29, 1.82) is 0 Å². The van der Waals surface area contributed by atoms with E-state index in [2.05, 4.69) is 4.98 Å². The number of pyridine rings is 1. The van der Waals surface area contributed by atoms with E-state index in [1.54, 1.807) is 36.4 Å². The lowest BCUT2D eigenvalue weighted by Gasteiger charge is -2.15. The van der Waals surface area contributed by atoms with Gasteiger partial charge < -0.3 is 20.1 Å². The summed E-state index contributed by atoms with van der Waals surface area (Å²) in [5, 5.41) is 28.5. The molecule has 0 aliphatic heterocycles. The Kier molecular flexibility index (Phi) is 6.17. The molecule has 0 saturated carbocycles. The molecule has 2 atom stereocenters. The van der Waals surface area contributed by atoms with Crippen molar-refractivity contribution in [2.24, 2.45) is 0 Å². The summed E-state index contributed by atoms with van der Waals surface area (Å²) in [4.78, 5) is 4.29. The first-order valence-corrected chi connectivity index (χ1v) is 8.67. The van der Waals surface area contributed by atoms with E-state index < -0.39 is 30.6 Å². The molecule has 0 spiro atoms. The Morgan fingerprint density at radius 3 is 2.00 bits per heavy atom. The maximum atomic E-state index is 12.6. The fourth-order valence-electron chi connectivity index (χ4n) is 2.62. The SMILES string of the molecule is OCC(O)C(O)c1cccc(-c2ccc(Oc3ccc(C(F)(F)F)cc3)cc2)n1. The molecule has 3 rings (SSSR count). The maximum absolute atomic E-state index is 12.6. The lowest BCUT2D eigenvalue weighted by atomic mass is 10.1. The topological polar surface area (TPSA) is 82.8 Å². The van der Waals surface area contributed by atoms with Crippen LogP contribution in [0.1, 0.15) is 17.4 Å². The van der Waals surface area contributed by atoms with Crippen LogP contribution in [0.15, 0.2) is 66.7 Å². The van der Waals surface area contributed by atoms with Crippen molar-refractivity contribution in [3.8, 4) is 22.8 Å². The fourth-order valence-corrected chi connectivity index (χ4v) is 2.62. The van der Waals surface area contributed by atoms with Gasteiger partial charge in [-0.25, -0.2) is 4.98 Å². The Hall–Kier alpha value is -2.94. The summed E-state index contributed by atoms with van der Waals surface area (Å²) < 4.78 is 43.4. The molecule has 0 aliphatic carbocycles. The molecule has 3 N–H and O–H groups in total. The lowest BCUT2D eigenvalue weighted by molar-refractivity contribution is -0.137. The molecule has 0 aliphatic rings. The Morgan fingerprint density at radius 1 is 0.862 bits per heavy atom. The van der Waals surface area contributed by atoms with Gasteiger partial charge in [0.15, 0.2) is 0 Å². The fraction of sp³-hybridized carbons (Fsp3) is 0.190. The number of aliphatic hydroxyl groups is 3. The van der Waals surface area contributed by atoms with Crippen molar-refractivity contribution >= 4 is 0 Å². The second-order valence-electron chi connectivity index (χ2n) is 6.29. The first kappa shape index (κ1) is 20.8. The molecule has 2 aromatic carbocycles. The van der Waals surface area contributed by atoms with Crippen LogP contribution in [0.5, 0.6) is 11.5 Å². The third kappa shape index (κ3) is 5.11. The molecule has 1 aromatic heterocycles. The van der Waals surface area contributed by atoms with Gasteiger partial charge in [0, 0.05) is 5.56 Å². The normalized spacial score (nSPS) is 13.7. The van der Waals surface area contributed by atoms with Gasteiger partial charge in [0.1, 0.15) is 23.7 Å². The third-order valence-electron chi connectivity index (χ3n) is 4.19. The number of hydrogen-bond acceptors (Lipinski definition) is 5. The summed E-state index contributed by atoms with van der Waals surface area (Å²) in [5.74, 6) is 0.701. The van der Waals surface area contributed by atoms with Gasteiger partial charge in [-0.15, -0.1) is 0 Å². The van der Waals surface area contributed by atoms with E-state index in [1.165, 1.54) is 18.2 Å². The maximum Gasteiger partial charge on any atom is 0.416 e. The minimum absolute atomic E-state index is 0.217. The summed E-state index contributed by atoms with van der Waals surface area (Å²) in [7, 11) is 0. The molecule has 0 fully saturated rings. The Balaban J connectivity index is 1.74. The zero-order valence-corrected chi connectivity index (χ0v) is 15.0. The average Bonchev–Trinajstić information content (AvgIpc) is 2.73. The van der Waals surface area contributed by atoms with E-state index in [0.29, 0.717) is 17.0 Å². The minimum Gasteiger partial charge on any atom is -0.457 e.